The summed E-state index contributed by atoms with van der Waals surface area (Å²) in [6.07, 6.45) is 3.59. The molecule has 2 rings (SSSR count). The van der Waals surface area contributed by atoms with Gasteiger partial charge in [-0.1, -0.05) is 31.9 Å². The van der Waals surface area contributed by atoms with Crippen LogP contribution in [0.15, 0.2) is 24.3 Å². The zero-order chi connectivity index (χ0) is 13.9. The van der Waals surface area contributed by atoms with Crippen molar-refractivity contribution in [2.24, 2.45) is 5.92 Å². The van der Waals surface area contributed by atoms with E-state index in [9.17, 15) is 5.11 Å². The van der Waals surface area contributed by atoms with E-state index in [1.165, 1.54) is 6.42 Å². The first-order chi connectivity index (χ1) is 9.11. The van der Waals surface area contributed by atoms with Crippen LogP contribution in [0.3, 0.4) is 0 Å². The van der Waals surface area contributed by atoms with Gasteiger partial charge in [-0.25, -0.2) is 0 Å². The summed E-state index contributed by atoms with van der Waals surface area (Å²) in [6, 6.07) is 7.61. The lowest BCUT2D eigenvalue weighted by molar-refractivity contribution is -0.134. The molecule has 3 unspecified atom stereocenters. The molecule has 1 aromatic rings. The number of aliphatic hydroxyl groups excluding tert-OH is 1. The molecule has 0 aromatic heterocycles. The van der Waals surface area contributed by atoms with E-state index in [-0.39, 0.29) is 0 Å². The number of methoxy groups -OCH3 is 2. The second-order valence-corrected chi connectivity index (χ2v) is 5.65. The predicted molar refractivity (Wildman–Crippen MR) is 75.3 cm³/mol. The Bertz CT molecular complexity index is 401. The second kappa shape index (κ2) is 5.93. The minimum atomic E-state index is -0.578. The summed E-state index contributed by atoms with van der Waals surface area (Å²) in [4.78, 5) is 0. The van der Waals surface area contributed by atoms with Gasteiger partial charge < -0.3 is 14.6 Å². The zero-order valence-corrected chi connectivity index (χ0v) is 12.1. The van der Waals surface area contributed by atoms with E-state index in [2.05, 4.69) is 6.92 Å². The molecule has 1 fully saturated rings. The summed E-state index contributed by atoms with van der Waals surface area (Å²) < 4.78 is 10.9. The molecule has 0 bridgehead atoms. The molecule has 3 atom stereocenters. The standard InChI is InChI=1S/C16H24O3/c1-12-5-4-10-16(11-12,19-3)15(17)13-6-8-14(18-2)9-7-13/h6-9,12,15,17H,4-5,10-11H2,1-3H3. The van der Waals surface area contributed by atoms with Gasteiger partial charge >= 0.3 is 0 Å². The summed E-state index contributed by atoms with van der Waals surface area (Å²) >= 11 is 0. The number of hydrogen-bond donors (Lipinski definition) is 1. The molecule has 0 saturated heterocycles. The molecule has 0 aliphatic heterocycles. The monoisotopic (exact) mass is 264 g/mol. The molecule has 1 aliphatic carbocycles. The van der Waals surface area contributed by atoms with Crippen molar-refractivity contribution in [3.63, 3.8) is 0 Å². The van der Waals surface area contributed by atoms with E-state index >= 15 is 0 Å². The maximum Gasteiger partial charge on any atom is 0.118 e. The first kappa shape index (κ1) is 14.4. The quantitative estimate of drug-likeness (QED) is 0.906. The Morgan fingerprint density at radius 1 is 1.26 bits per heavy atom. The van der Waals surface area contributed by atoms with Crippen LogP contribution >= 0.6 is 0 Å². The number of hydrogen-bond acceptors (Lipinski definition) is 3. The fourth-order valence-corrected chi connectivity index (χ4v) is 3.18. The summed E-state index contributed by atoms with van der Waals surface area (Å²) in [7, 11) is 3.36. The van der Waals surface area contributed by atoms with E-state index in [1.54, 1.807) is 14.2 Å². The van der Waals surface area contributed by atoms with E-state index in [0.717, 1.165) is 30.6 Å². The third-order valence-electron chi connectivity index (χ3n) is 4.33. The lowest BCUT2D eigenvalue weighted by atomic mass is 9.74. The van der Waals surface area contributed by atoms with Gasteiger partial charge in [-0.2, -0.15) is 0 Å². The molecule has 3 nitrogen and oxygen atoms in total. The van der Waals surface area contributed by atoms with E-state index in [0.29, 0.717) is 5.92 Å². The maximum absolute atomic E-state index is 10.7. The van der Waals surface area contributed by atoms with Gasteiger partial charge in [0.15, 0.2) is 0 Å². The van der Waals surface area contributed by atoms with Crippen molar-refractivity contribution in [1.29, 1.82) is 0 Å². The molecule has 1 saturated carbocycles. The largest absolute Gasteiger partial charge is 0.497 e. The smallest absolute Gasteiger partial charge is 0.118 e. The molecule has 0 radical (unpaired) electrons. The van der Waals surface area contributed by atoms with Gasteiger partial charge in [-0.15, -0.1) is 0 Å². The first-order valence-electron chi connectivity index (χ1n) is 6.98. The third kappa shape index (κ3) is 2.93. The zero-order valence-electron chi connectivity index (χ0n) is 12.1. The average molecular weight is 264 g/mol. The Labute approximate surface area is 115 Å². The van der Waals surface area contributed by atoms with Crippen LogP contribution in [0.25, 0.3) is 0 Å². The van der Waals surface area contributed by atoms with Crippen molar-refractivity contribution in [3.8, 4) is 5.75 Å². The Hall–Kier alpha value is -1.06. The highest BCUT2D eigenvalue weighted by molar-refractivity contribution is 5.30. The maximum atomic E-state index is 10.7. The Morgan fingerprint density at radius 3 is 2.47 bits per heavy atom. The van der Waals surface area contributed by atoms with Crippen molar-refractivity contribution < 1.29 is 14.6 Å². The van der Waals surface area contributed by atoms with Crippen LogP contribution in [0, 0.1) is 5.92 Å². The molecular formula is C16H24O3. The van der Waals surface area contributed by atoms with E-state index in [4.69, 9.17) is 9.47 Å². The Balaban J connectivity index is 2.21. The molecule has 1 aliphatic rings. The van der Waals surface area contributed by atoms with Crippen LogP contribution < -0.4 is 4.74 Å². The van der Waals surface area contributed by atoms with Gasteiger partial charge in [0, 0.05) is 7.11 Å². The van der Waals surface area contributed by atoms with E-state index in [1.807, 2.05) is 24.3 Å². The minimum Gasteiger partial charge on any atom is -0.497 e. The van der Waals surface area contributed by atoms with Gasteiger partial charge in [-0.3, -0.25) is 0 Å². The fraction of sp³-hybridized carbons (Fsp3) is 0.625. The molecule has 1 N–H and O–H groups in total. The summed E-state index contributed by atoms with van der Waals surface area (Å²) in [5.74, 6) is 1.40. The average Bonchev–Trinajstić information content (AvgIpc) is 2.46. The normalized spacial score (nSPS) is 28.9. The van der Waals surface area contributed by atoms with Gasteiger partial charge in [0.1, 0.15) is 11.9 Å². The van der Waals surface area contributed by atoms with E-state index < -0.39 is 11.7 Å². The fourth-order valence-electron chi connectivity index (χ4n) is 3.18. The molecule has 3 heteroatoms. The number of aliphatic hydroxyl groups is 1. The number of benzene rings is 1. The van der Waals surface area contributed by atoms with Gasteiger partial charge in [0.05, 0.1) is 12.7 Å². The Morgan fingerprint density at radius 2 is 1.95 bits per heavy atom. The molecule has 0 heterocycles. The SMILES string of the molecule is COc1ccc(C(O)C2(OC)CCCC(C)C2)cc1. The van der Waals surface area contributed by atoms with Crippen LogP contribution in [0.1, 0.15) is 44.3 Å². The molecular weight excluding hydrogens is 240 g/mol. The van der Waals surface area contributed by atoms with Crippen molar-refractivity contribution in [2.75, 3.05) is 14.2 Å². The molecule has 1 aromatic carbocycles. The van der Waals surface area contributed by atoms with Crippen LogP contribution in [-0.2, 0) is 4.74 Å². The molecule has 0 spiro atoms. The third-order valence-corrected chi connectivity index (χ3v) is 4.33. The number of ether oxygens (including phenoxy) is 2. The molecule has 19 heavy (non-hydrogen) atoms. The van der Waals surface area contributed by atoms with Gasteiger partial charge in [0.2, 0.25) is 0 Å². The lowest BCUT2D eigenvalue weighted by Crippen LogP contribution is -2.42. The minimum absolute atomic E-state index is 0.438. The van der Waals surface area contributed by atoms with Crippen molar-refractivity contribution in [1.82, 2.24) is 0 Å². The second-order valence-electron chi connectivity index (χ2n) is 5.65. The topological polar surface area (TPSA) is 38.7 Å². The first-order valence-corrected chi connectivity index (χ1v) is 6.98. The Kier molecular flexibility index (Phi) is 4.48. The van der Waals surface area contributed by atoms with Crippen molar-refractivity contribution in [3.05, 3.63) is 29.8 Å². The van der Waals surface area contributed by atoms with Crippen LogP contribution in [0.5, 0.6) is 5.75 Å². The van der Waals surface area contributed by atoms with Gasteiger partial charge in [-0.05, 0) is 36.5 Å². The highest BCUT2D eigenvalue weighted by atomic mass is 16.5. The van der Waals surface area contributed by atoms with Crippen molar-refractivity contribution >= 4 is 0 Å². The lowest BCUT2D eigenvalue weighted by Gasteiger charge is -2.42. The molecule has 0 amide bonds. The van der Waals surface area contributed by atoms with Crippen LogP contribution in [0.4, 0.5) is 0 Å². The van der Waals surface area contributed by atoms with Crippen LogP contribution in [-0.4, -0.2) is 24.9 Å². The van der Waals surface area contributed by atoms with Crippen LogP contribution in [0.2, 0.25) is 0 Å². The molecule has 106 valence electrons. The predicted octanol–water partition coefficient (Wildman–Crippen LogP) is 3.32. The summed E-state index contributed by atoms with van der Waals surface area (Å²) in [6.45, 7) is 2.23. The number of rotatable bonds is 4. The highest BCUT2D eigenvalue weighted by Crippen LogP contribution is 2.43. The van der Waals surface area contributed by atoms with Gasteiger partial charge in [0.25, 0.3) is 0 Å². The summed E-state index contributed by atoms with van der Waals surface area (Å²) in [5, 5.41) is 10.7. The van der Waals surface area contributed by atoms with Crippen molar-refractivity contribution in [2.45, 2.75) is 44.3 Å². The highest BCUT2D eigenvalue weighted by Gasteiger charge is 2.42. The summed E-state index contributed by atoms with van der Waals surface area (Å²) in [5.41, 5.74) is 0.462.